The molecule has 0 heterocycles. The average Bonchev–Trinajstić information content (AvgIpc) is 1.87. The van der Waals surface area contributed by atoms with Gasteiger partial charge in [-0.25, -0.2) is 0 Å². The smallest absolute Gasteiger partial charge is 0.161 e. The summed E-state index contributed by atoms with van der Waals surface area (Å²) in [5.74, 6) is -0.0370. The Balaban J connectivity index is 4.34. The lowest BCUT2D eigenvalue weighted by molar-refractivity contribution is -0.113. The molecule has 0 aromatic carbocycles. The van der Waals surface area contributed by atoms with Gasteiger partial charge >= 0.3 is 0 Å². The summed E-state index contributed by atoms with van der Waals surface area (Å²) < 4.78 is 0. The van der Waals surface area contributed by atoms with Crippen LogP contribution in [0, 0.1) is 0 Å². The molecular formula is C9H13NO. The quantitative estimate of drug-likeness (QED) is 0.491. The summed E-state index contributed by atoms with van der Waals surface area (Å²) >= 11 is 0. The number of carbonyl (C=O) groups is 1. The van der Waals surface area contributed by atoms with Gasteiger partial charge in [0.05, 0.1) is 0 Å². The molecule has 60 valence electrons. The van der Waals surface area contributed by atoms with Crippen LogP contribution in [0.1, 0.15) is 13.8 Å². The number of ketones is 1. The predicted octanol–water partition coefficient (Wildman–Crippen LogP) is 1.55. The van der Waals surface area contributed by atoms with Crippen LogP contribution in [0.5, 0.6) is 0 Å². The maximum atomic E-state index is 10.8. The second kappa shape index (κ2) is 4.50. The Bertz CT molecular complexity index is 224. The second-order valence-electron chi connectivity index (χ2n) is 2.36. The highest BCUT2D eigenvalue weighted by atomic mass is 16.1. The van der Waals surface area contributed by atoms with E-state index >= 15 is 0 Å². The molecule has 0 aromatic heterocycles. The van der Waals surface area contributed by atoms with Crippen LogP contribution in [0.15, 0.2) is 36.1 Å². The van der Waals surface area contributed by atoms with E-state index in [0.717, 1.165) is 5.57 Å². The van der Waals surface area contributed by atoms with E-state index in [-0.39, 0.29) is 5.78 Å². The first-order valence-electron chi connectivity index (χ1n) is 3.34. The van der Waals surface area contributed by atoms with E-state index in [4.69, 9.17) is 5.73 Å². The molecule has 0 rings (SSSR count). The van der Waals surface area contributed by atoms with Gasteiger partial charge in [0, 0.05) is 11.8 Å². The zero-order valence-corrected chi connectivity index (χ0v) is 6.92. The van der Waals surface area contributed by atoms with Gasteiger partial charge in [-0.3, -0.25) is 4.79 Å². The van der Waals surface area contributed by atoms with Crippen molar-refractivity contribution >= 4 is 5.78 Å². The minimum Gasteiger partial charge on any atom is -0.404 e. The molecule has 0 aliphatic carbocycles. The van der Waals surface area contributed by atoms with E-state index in [1.807, 2.05) is 6.92 Å². The number of nitrogens with two attached hydrogens (primary N) is 1. The van der Waals surface area contributed by atoms with E-state index in [1.165, 1.54) is 13.1 Å². The van der Waals surface area contributed by atoms with Crippen LogP contribution in [-0.4, -0.2) is 5.78 Å². The molecular weight excluding hydrogens is 138 g/mol. The first-order valence-corrected chi connectivity index (χ1v) is 3.34. The molecule has 0 aliphatic rings. The topological polar surface area (TPSA) is 43.1 Å². The summed E-state index contributed by atoms with van der Waals surface area (Å²) in [7, 11) is 0. The zero-order chi connectivity index (χ0) is 8.85. The highest BCUT2D eigenvalue weighted by Crippen LogP contribution is 1.99. The predicted molar refractivity (Wildman–Crippen MR) is 46.9 cm³/mol. The van der Waals surface area contributed by atoms with Crippen LogP contribution in [0.25, 0.3) is 0 Å². The standard InChI is InChI=1S/C9H13NO/c1-7(2)4-5-9(6-10)8(3)11/h4-6H,1,10H2,2-3H3/b5-4-,9-6+. The summed E-state index contributed by atoms with van der Waals surface area (Å²) in [4.78, 5) is 10.8. The fourth-order valence-corrected chi connectivity index (χ4v) is 0.522. The lowest BCUT2D eigenvalue weighted by Gasteiger charge is -1.92. The van der Waals surface area contributed by atoms with Gasteiger partial charge in [0.1, 0.15) is 0 Å². The van der Waals surface area contributed by atoms with Crippen molar-refractivity contribution in [2.24, 2.45) is 5.73 Å². The molecule has 0 saturated carbocycles. The molecule has 0 aromatic rings. The zero-order valence-electron chi connectivity index (χ0n) is 6.92. The van der Waals surface area contributed by atoms with Gasteiger partial charge in [-0.2, -0.15) is 0 Å². The van der Waals surface area contributed by atoms with E-state index in [2.05, 4.69) is 6.58 Å². The van der Waals surface area contributed by atoms with Crippen LogP contribution in [0.2, 0.25) is 0 Å². The van der Waals surface area contributed by atoms with Gasteiger partial charge in [0.25, 0.3) is 0 Å². The van der Waals surface area contributed by atoms with Gasteiger partial charge in [-0.15, -0.1) is 0 Å². The van der Waals surface area contributed by atoms with Gasteiger partial charge in [-0.1, -0.05) is 18.2 Å². The fraction of sp³-hybridized carbons (Fsp3) is 0.222. The maximum absolute atomic E-state index is 10.8. The minimum absolute atomic E-state index is 0.0370. The van der Waals surface area contributed by atoms with Crippen LogP contribution < -0.4 is 5.73 Å². The molecule has 0 saturated heterocycles. The Kier molecular flexibility index (Phi) is 3.96. The Morgan fingerprint density at radius 1 is 1.36 bits per heavy atom. The van der Waals surface area contributed by atoms with Crippen molar-refractivity contribution in [2.75, 3.05) is 0 Å². The summed E-state index contributed by atoms with van der Waals surface area (Å²) in [6.45, 7) is 6.98. The Hall–Kier alpha value is -1.31. The van der Waals surface area contributed by atoms with Crippen molar-refractivity contribution in [2.45, 2.75) is 13.8 Å². The maximum Gasteiger partial charge on any atom is 0.161 e. The molecule has 0 aliphatic heterocycles. The number of hydrogen-bond donors (Lipinski definition) is 1. The fourth-order valence-electron chi connectivity index (χ4n) is 0.522. The largest absolute Gasteiger partial charge is 0.404 e. The number of hydrogen-bond acceptors (Lipinski definition) is 2. The monoisotopic (exact) mass is 151 g/mol. The molecule has 0 fully saturated rings. The highest BCUT2D eigenvalue weighted by molar-refractivity contribution is 5.95. The number of rotatable bonds is 3. The molecule has 2 nitrogen and oxygen atoms in total. The van der Waals surface area contributed by atoms with Gasteiger partial charge < -0.3 is 5.73 Å². The third kappa shape index (κ3) is 4.14. The average molecular weight is 151 g/mol. The van der Waals surface area contributed by atoms with Crippen LogP contribution >= 0.6 is 0 Å². The summed E-state index contributed by atoms with van der Waals surface area (Å²) in [6.07, 6.45) is 4.70. The van der Waals surface area contributed by atoms with E-state index in [1.54, 1.807) is 12.2 Å². The SMILES string of the molecule is C=C(C)/C=C\C(=C/N)C(C)=O. The van der Waals surface area contributed by atoms with Gasteiger partial charge in [0.2, 0.25) is 0 Å². The van der Waals surface area contributed by atoms with Crippen LogP contribution in [0.4, 0.5) is 0 Å². The molecule has 11 heavy (non-hydrogen) atoms. The van der Waals surface area contributed by atoms with E-state index in [9.17, 15) is 4.79 Å². The number of allylic oxidation sites excluding steroid dienone is 4. The Labute approximate surface area is 67.1 Å². The molecule has 0 unspecified atom stereocenters. The summed E-state index contributed by atoms with van der Waals surface area (Å²) in [6, 6.07) is 0. The number of Topliss-reactive ketones (excluding diaryl/α,β-unsaturated/α-hetero) is 1. The van der Waals surface area contributed by atoms with Gasteiger partial charge in [-0.05, 0) is 19.9 Å². The lowest BCUT2D eigenvalue weighted by Crippen LogP contribution is -1.96. The first kappa shape index (κ1) is 9.69. The lowest BCUT2D eigenvalue weighted by atomic mass is 10.1. The van der Waals surface area contributed by atoms with Crippen molar-refractivity contribution in [3.63, 3.8) is 0 Å². The van der Waals surface area contributed by atoms with Crippen LogP contribution in [-0.2, 0) is 4.79 Å². The van der Waals surface area contributed by atoms with Crippen molar-refractivity contribution in [3.8, 4) is 0 Å². The number of carbonyl (C=O) groups excluding carboxylic acids is 1. The van der Waals surface area contributed by atoms with Crippen molar-refractivity contribution in [3.05, 3.63) is 36.1 Å². The summed E-state index contributed by atoms with van der Waals surface area (Å²) in [5, 5.41) is 0. The normalized spacial score (nSPS) is 12.0. The first-order chi connectivity index (χ1) is 5.07. The molecule has 2 heteroatoms. The van der Waals surface area contributed by atoms with E-state index in [0.29, 0.717) is 5.57 Å². The Morgan fingerprint density at radius 2 is 1.91 bits per heavy atom. The third-order valence-corrected chi connectivity index (χ3v) is 1.13. The van der Waals surface area contributed by atoms with Gasteiger partial charge in [0.15, 0.2) is 5.78 Å². The molecule has 0 amide bonds. The summed E-state index contributed by atoms with van der Waals surface area (Å²) in [5.41, 5.74) is 6.60. The molecule has 0 spiro atoms. The van der Waals surface area contributed by atoms with Crippen LogP contribution in [0.3, 0.4) is 0 Å². The second-order valence-corrected chi connectivity index (χ2v) is 2.36. The molecule has 0 radical (unpaired) electrons. The minimum atomic E-state index is -0.0370. The Morgan fingerprint density at radius 3 is 2.18 bits per heavy atom. The third-order valence-electron chi connectivity index (χ3n) is 1.13. The van der Waals surface area contributed by atoms with Crippen molar-refractivity contribution in [1.29, 1.82) is 0 Å². The molecule has 0 bridgehead atoms. The molecule has 0 atom stereocenters. The molecule has 2 N–H and O–H groups in total. The highest BCUT2D eigenvalue weighted by Gasteiger charge is 1.95. The van der Waals surface area contributed by atoms with E-state index < -0.39 is 0 Å². The van der Waals surface area contributed by atoms with Crippen molar-refractivity contribution < 1.29 is 4.79 Å². The van der Waals surface area contributed by atoms with Crippen molar-refractivity contribution in [1.82, 2.24) is 0 Å².